The molecule has 0 saturated carbocycles. The summed E-state index contributed by atoms with van der Waals surface area (Å²) in [5.74, 6) is -0.137. The number of hydrazone groups is 1. The minimum atomic E-state index is -0.287. The van der Waals surface area contributed by atoms with Crippen molar-refractivity contribution < 1.29 is 9.90 Å². The lowest BCUT2D eigenvalue weighted by Crippen LogP contribution is -2.17. The van der Waals surface area contributed by atoms with Gasteiger partial charge < -0.3 is 5.11 Å². The number of hydrogen-bond donors (Lipinski definition) is 2. The molecule has 4 heteroatoms. The third-order valence-electron chi connectivity index (χ3n) is 3.58. The Morgan fingerprint density at radius 3 is 2.74 bits per heavy atom. The smallest absolute Gasteiger partial charge is 0.271 e. The molecule has 0 unspecified atom stereocenters. The van der Waals surface area contributed by atoms with Gasteiger partial charge in [0.2, 0.25) is 0 Å². The van der Waals surface area contributed by atoms with Crippen molar-refractivity contribution in [1.29, 1.82) is 0 Å². The number of phenols is 1. The molecule has 0 bridgehead atoms. The summed E-state index contributed by atoms with van der Waals surface area (Å²) < 4.78 is 0. The van der Waals surface area contributed by atoms with Crippen molar-refractivity contribution in [1.82, 2.24) is 5.43 Å². The van der Waals surface area contributed by atoms with Crippen LogP contribution in [0, 0.1) is 6.92 Å². The van der Waals surface area contributed by atoms with E-state index in [-0.39, 0.29) is 11.7 Å². The van der Waals surface area contributed by atoms with Crippen LogP contribution < -0.4 is 5.43 Å². The number of nitrogens with zero attached hydrogens (tertiary/aromatic N) is 1. The topological polar surface area (TPSA) is 61.7 Å². The molecule has 0 heterocycles. The quantitative estimate of drug-likeness (QED) is 0.573. The molecule has 0 aliphatic heterocycles. The Balaban J connectivity index is 1.78. The SMILES string of the molecule is Cc1cccc(C(=O)NN=Cc2ccc3ccccc3c2O)c1. The van der Waals surface area contributed by atoms with Gasteiger partial charge in [0.1, 0.15) is 5.75 Å². The number of phenolic OH excluding ortho intramolecular Hbond substituents is 1. The summed E-state index contributed by atoms with van der Waals surface area (Å²) in [6.45, 7) is 1.92. The molecular formula is C19H16N2O2. The van der Waals surface area contributed by atoms with E-state index in [0.717, 1.165) is 16.3 Å². The van der Waals surface area contributed by atoms with Crippen molar-refractivity contribution in [3.05, 3.63) is 77.4 Å². The van der Waals surface area contributed by atoms with E-state index in [0.29, 0.717) is 11.1 Å². The molecule has 0 aliphatic carbocycles. The fourth-order valence-corrected chi connectivity index (χ4v) is 2.39. The Labute approximate surface area is 134 Å². The zero-order valence-electron chi connectivity index (χ0n) is 12.7. The summed E-state index contributed by atoms with van der Waals surface area (Å²) in [5.41, 5.74) is 4.57. The summed E-state index contributed by atoms with van der Waals surface area (Å²) in [4.78, 5) is 12.0. The van der Waals surface area contributed by atoms with Gasteiger partial charge in [0.15, 0.2) is 0 Å². The lowest BCUT2D eigenvalue weighted by molar-refractivity contribution is 0.0955. The molecule has 4 nitrogen and oxygen atoms in total. The predicted molar refractivity (Wildman–Crippen MR) is 91.9 cm³/mol. The first kappa shape index (κ1) is 14.8. The van der Waals surface area contributed by atoms with Gasteiger partial charge in [-0.1, -0.05) is 48.0 Å². The van der Waals surface area contributed by atoms with Gasteiger partial charge in [0.05, 0.1) is 6.21 Å². The highest BCUT2D eigenvalue weighted by Crippen LogP contribution is 2.27. The van der Waals surface area contributed by atoms with E-state index >= 15 is 0 Å². The fourth-order valence-electron chi connectivity index (χ4n) is 2.39. The molecule has 0 aromatic heterocycles. The number of aromatic hydroxyl groups is 1. The van der Waals surface area contributed by atoms with Crippen LogP contribution in [-0.2, 0) is 0 Å². The number of carbonyl (C=O) groups excluding carboxylic acids is 1. The lowest BCUT2D eigenvalue weighted by Gasteiger charge is -2.04. The number of amides is 1. The van der Waals surface area contributed by atoms with E-state index in [4.69, 9.17) is 0 Å². The summed E-state index contributed by atoms with van der Waals surface area (Å²) in [6.07, 6.45) is 1.44. The average Bonchev–Trinajstić information content (AvgIpc) is 2.57. The second-order valence-electron chi connectivity index (χ2n) is 5.29. The molecule has 3 aromatic rings. The van der Waals surface area contributed by atoms with Crippen molar-refractivity contribution in [2.45, 2.75) is 6.92 Å². The van der Waals surface area contributed by atoms with E-state index in [1.807, 2.05) is 49.4 Å². The third kappa shape index (κ3) is 3.21. The molecule has 0 fully saturated rings. The van der Waals surface area contributed by atoms with Crippen LogP contribution in [0.25, 0.3) is 10.8 Å². The van der Waals surface area contributed by atoms with Gasteiger partial charge in [-0.15, -0.1) is 0 Å². The minimum Gasteiger partial charge on any atom is -0.507 e. The number of nitrogens with one attached hydrogen (secondary N) is 1. The number of fused-ring (bicyclic) bond motifs is 1. The highest BCUT2D eigenvalue weighted by atomic mass is 16.3. The number of rotatable bonds is 3. The summed E-state index contributed by atoms with van der Waals surface area (Å²) in [5, 5.41) is 15.9. The maximum Gasteiger partial charge on any atom is 0.271 e. The number of carbonyl (C=O) groups is 1. The zero-order valence-corrected chi connectivity index (χ0v) is 12.7. The van der Waals surface area contributed by atoms with Crippen LogP contribution in [-0.4, -0.2) is 17.2 Å². The summed E-state index contributed by atoms with van der Waals surface area (Å²) >= 11 is 0. The Kier molecular flexibility index (Phi) is 4.06. The maximum atomic E-state index is 12.0. The van der Waals surface area contributed by atoms with Crippen LogP contribution in [0.1, 0.15) is 21.5 Å². The molecule has 2 N–H and O–H groups in total. The Hall–Kier alpha value is -3.14. The summed E-state index contributed by atoms with van der Waals surface area (Å²) in [6, 6.07) is 18.5. The van der Waals surface area contributed by atoms with E-state index in [1.54, 1.807) is 18.2 Å². The number of benzene rings is 3. The van der Waals surface area contributed by atoms with Crippen LogP contribution in [0.2, 0.25) is 0 Å². The van der Waals surface area contributed by atoms with E-state index in [2.05, 4.69) is 10.5 Å². The van der Waals surface area contributed by atoms with Gasteiger partial charge in [0.25, 0.3) is 5.91 Å². The molecule has 0 saturated heterocycles. The van der Waals surface area contributed by atoms with Gasteiger partial charge in [-0.05, 0) is 30.5 Å². The van der Waals surface area contributed by atoms with Gasteiger partial charge in [-0.25, -0.2) is 5.43 Å². The fraction of sp³-hybridized carbons (Fsp3) is 0.0526. The summed E-state index contributed by atoms with van der Waals surface area (Å²) in [7, 11) is 0. The Morgan fingerprint density at radius 2 is 1.91 bits per heavy atom. The molecule has 0 atom stereocenters. The first-order valence-corrected chi connectivity index (χ1v) is 7.26. The minimum absolute atomic E-state index is 0.150. The molecule has 0 spiro atoms. The highest BCUT2D eigenvalue weighted by molar-refractivity contribution is 5.98. The molecule has 23 heavy (non-hydrogen) atoms. The van der Waals surface area contributed by atoms with E-state index in [9.17, 15) is 9.90 Å². The number of aryl methyl sites for hydroxylation is 1. The zero-order chi connectivity index (χ0) is 16.2. The van der Waals surface area contributed by atoms with Crippen molar-refractivity contribution in [3.8, 4) is 5.75 Å². The first-order chi connectivity index (χ1) is 11.1. The molecule has 0 aliphatic rings. The first-order valence-electron chi connectivity index (χ1n) is 7.26. The van der Waals surface area contributed by atoms with E-state index in [1.165, 1.54) is 6.21 Å². The Bertz CT molecular complexity index is 901. The van der Waals surface area contributed by atoms with Crippen LogP contribution in [0.4, 0.5) is 0 Å². The van der Waals surface area contributed by atoms with Gasteiger partial charge in [-0.2, -0.15) is 5.10 Å². The predicted octanol–water partition coefficient (Wildman–Crippen LogP) is 3.62. The van der Waals surface area contributed by atoms with Gasteiger partial charge in [-0.3, -0.25) is 4.79 Å². The van der Waals surface area contributed by atoms with Crippen molar-refractivity contribution in [2.24, 2.45) is 5.10 Å². The molecular weight excluding hydrogens is 288 g/mol. The van der Waals surface area contributed by atoms with Crippen LogP contribution in [0.5, 0.6) is 5.75 Å². The number of hydrogen-bond acceptors (Lipinski definition) is 3. The molecule has 3 aromatic carbocycles. The van der Waals surface area contributed by atoms with E-state index < -0.39 is 0 Å². The molecule has 1 amide bonds. The maximum absolute atomic E-state index is 12.0. The largest absolute Gasteiger partial charge is 0.507 e. The molecule has 114 valence electrons. The van der Waals surface area contributed by atoms with Crippen LogP contribution in [0.3, 0.4) is 0 Å². The molecule has 3 rings (SSSR count). The van der Waals surface area contributed by atoms with Gasteiger partial charge in [0, 0.05) is 16.5 Å². The van der Waals surface area contributed by atoms with Crippen molar-refractivity contribution in [2.75, 3.05) is 0 Å². The third-order valence-corrected chi connectivity index (χ3v) is 3.58. The van der Waals surface area contributed by atoms with Crippen molar-refractivity contribution >= 4 is 22.9 Å². The monoisotopic (exact) mass is 304 g/mol. The van der Waals surface area contributed by atoms with Gasteiger partial charge >= 0.3 is 0 Å². The highest BCUT2D eigenvalue weighted by Gasteiger charge is 2.05. The second-order valence-corrected chi connectivity index (χ2v) is 5.29. The standard InChI is InChI=1S/C19H16N2O2/c1-13-5-4-7-15(11-13)19(23)21-20-12-16-10-9-14-6-2-3-8-17(14)18(16)22/h2-12,22H,1H3,(H,21,23). The lowest BCUT2D eigenvalue weighted by atomic mass is 10.1. The van der Waals surface area contributed by atoms with Crippen LogP contribution >= 0.6 is 0 Å². The second kappa shape index (κ2) is 6.32. The van der Waals surface area contributed by atoms with Crippen molar-refractivity contribution in [3.63, 3.8) is 0 Å². The molecule has 0 radical (unpaired) electrons. The normalized spacial score (nSPS) is 11.0. The Morgan fingerprint density at radius 1 is 1.09 bits per heavy atom. The average molecular weight is 304 g/mol. The van der Waals surface area contributed by atoms with Crippen LogP contribution in [0.15, 0.2) is 65.8 Å².